The van der Waals surface area contributed by atoms with Gasteiger partial charge in [-0.1, -0.05) is 27.7 Å². The third kappa shape index (κ3) is 7.77. The monoisotopic (exact) mass is 433 g/mol. The van der Waals surface area contributed by atoms with Crippen molar-refractivity contribution < 1.29 is 13.2 Å². The first-order chi connectivity index (χ1) is 13.5. The van der Waals surface area contributed by atoms with Crippen molar-refractivity contribution in [2.75, 3.05) is 46.3 Å². The summed E-state index contributed by atoms with van der Waals surface area (Å²) in [6.07, 6.45) is -2.43. The Balaban J connectivity index is 1.80. The van der Waals surface area contributed by atoms with Crippen molar-refractivity contribution in [2.45, 2.75) is 52.1 Å². The predicted octanol–water partition coefficient (Wildman–Crippen LogP) is 3.76. The molecular formula is C20H34F3N5S. The summed E-state index contributed by atoms with van der Waals surface area (Å²) in [5.74, 6) is 1.04. The van der Waals surface area contributed by atoms with Crippen molar-refractivity contribution in [3.63, 3.8) is 0 Å². The quantitative estimate of drug-likeness (QED) is 0.525. The van der Waals surface area contributed by atoms with Gasteiger partial charge >= 0.3 is 6.18 Å². The number of aliphatic imine (C=N–C) groups is 1. The summed E-state index contributed by atoms with van der Waals surface area (Å²) < 4.78 is 38.1. The molecular weight excluding hydrogens is 399 g/mol. The first kappa shape index (κ1) is 23.9. The van der Waals surface area contributed by atoms with Crippen LogP contribution in [0.3, 0.4) is 0 Å². The van der Waals surface area contributed by atoms with Crippen molar-refractivity contribution >= 4 is 17.3 Å². The summed E-state index contributed by atoms with van der Waals surface area (Å²) in [7, 11) is 1.75. The average molecular weight is 434 g/mol. The second-order valence-corrected chi connectivity index (χ2v) is 9.59. The Hall–Kier alpha value is -1.35. The highest BCUT2D eigenvalue weighted by Gasteiger charge is 2.33. The van der Waals surface area contributed by atoms with Crippen LogP contribution in [0.15, 0.2) is 10.4 Å². The van der Waals surface area contributed by atoms with E-state index in [1.165, 1.54) is 4.90 Å². The molecule has 2 rings (SSSR count). The van der Waals surface area contributed by atoms with E-state index in [4.69, 9.17) is 4.98 Å². The van der Waals surface area contributed by atoms with Gasteiger partial charge in [-0.15, -0.1) is 11.3 Å². The molecule has 29 heavy (non-hydrogen) atoms. The third-order valence-electron chi connectivity index (χ3n) is 5.11. The van der Waals surface area contributed by atoms with E-state index in [-0.39, 0.29) is 11.3 Å². The van der Waals surface area contributed by atoms with Crippen molar-refractivity contribution in [3.05, 3.63) is 16.1 Å². The molecule has 0 amide bonds. The molecule has 0 aliphatic carbocycles. The molecule has 0 radical (unpaired) electrons. The fraction of sp³-hybridized carbons (Fsp3) is 0.800. The molecule has 2 heterocycles. The SMILES string of the molecule is CCN(CC1CCN(C(=NC)NCCc2nc(C(C)(C)C)cs2)C1)CC(F)(F)F. The number of halogens is 3. The van der Waals surface area contributed by atoms with Crippen LogP contribution in [0.4, 0.5) is 13.2 Å². The molecule has 1 aliphatic heterocycles. The summed E-state index contributed by atoms with van der Waals surface area (Å²) in [5, 5.41) is 6.60. The van der Waals surface area contributed by atoms with Crippen LogP contribution in [0.2, 0.25) is 0 Å². The van der Waals surface area contributed by atoms with Crippen molar-refractivity contribution in [2.24, 2.45) is 10.9 Å². The lowest BCUT2D eigenvalue weighted by Crippen LogP contribution is -2.42. The number of likely N-dealkylation sites (tertiary alicyclic amines) is 1. The van der Waals surface area contributed by atoms with Gasteiger partial charge in [0.15, 0.2) is 5.96 Å². The summed E-state index contributed by atoms with van der Waals surface area (Å²) in [6, 6.07) is 0. The summed E-state index contributed by atoms with van der Waals surface area (Å²) in [4.78, 5) is 12.7. The number of thiazole rings is 1. The van der Waals surface area contributed by atoms with Crippen molar-refractivity contribution in [1.29, 1.82) is 0 Å². The fourth-order valence-corrected chi connectivity index (χ4v) is 4.51. The van der Waals surface area contributed by atoms with E-state index in [0.29, 0.717) is 13.1 Å². The van der Waals surface area contributed by atoms with Gasteiger partial charge in [0.2, 0.25) is 0 Å². The predicted molar refractivity (Wildman–Crippen MR) is 114 cm³/mol. The maximum Gasteiger partial charge on any atom is 0.401 e. The molecule has 0 aromatic carbocycles. The van der Waals surface area contributed by atoms with Crippen LogP contribution >= 0.6 is 11.3 Å². The Labute approximate surface area is 176 Å². The normalized spacial score (nSPS) is 18.7. The molecule has 1 N–H and O–H groups in total. The van der Waals surface area contributed by atoms with E-state index in [1.807, 2.05) is 0 Å². The van der Waals surface area contributed by atoms with E-state index in [1.54, 1.807) is 25.3 Å². The Morgan fingerprint density at radius 3 is 2.66 bits per heavy atom. The average Bonchev–Trinajstić information content (AvgIpc) is 3.26. The smallest absolute Gasteiger partial charge is 0.356 e. The largest absolute Gasteiger partial charge is 0.401 e. The lowest BCUT2D eigenvalue weighted by Gasteiger charge is -2.26. The summed E-state index contributed by atoms with van der Waals surface area (Å²) in [6.45, 7) is 10.6. The molecule has 0 spiro atoms. The minimum Gasteiger partial charge on any atom is -0.356 e. The second kappa shape index (κ2) is 10.1. The first-order valence-corrected chi connectivity index (χ1v) is 11.1. The molecule has 0 bridgehead atoms. The number of nitrogens with zero attached hydrogens (tertiary/aromatic N) is 4. The van der Waals surface area contributed by atoms with Gasteiger partial charge in [0.05, 0.1) is 17.2 Å². The molecule has 1 atom stereocenters. The van der Waals surface area contributed by atoms with Crippen molar-refractivity contribution in [1.82, 2.24) is 20.1 Å². The molecule has 5 nitrogen and oxygen atoms in total. The Kier molecular flexibility index (Phi) is 8.34. The van der Waals surface area contributed by atoms with Gasteiger partial charge in [0.1, 0.15) is 0 Å². The van der Waals surface area contributed by atoms with Gasteiger partial charge < -0.3 is 10.2 Å². The number of aromatic nitrogens is 1. The molecule has 1 aromatic rings. The molecule has 1 unspecified atom stereocenters. The van der Waals surface area contributed by atoms with Crippen LogP contribution in [0.5, 0.6) is 0 Å². The summed E-state index contributed by atoms with van der Waals surface area (Å²) >= 11 is 1.68. The molecule has 1 aliphatic rings. The van der Waals surface area contributed by atoms with Crippen LogP contribution in [-0.4, -0.2) is 73.2 Å². The molecule has 166 valence electrons. The highest BCUT2D eigenvalue weighted by Crippen LogP contribution is 2.24. The highest BCUT2D eigenvalue weighted by molar-refractivity contribution is 7.09. The molecule has 1 aromatic heterocycles. The van der Waals surface area contributed by atoms with Crippen LogP contribution in [0.1, 0.15) is 44.8 Å². The maximum absolute atomic E-state index is 12.7. The van der Waals surface area contributed by atoms with Gasteiger partial charge in [-0.2, -0.15) is 13.2 Å². The van der Waals surface area contributed by atoms with Gasteiger partial charge in [-0.05, 0) is 18.9 Å². The van der Waals surface area contributed by atoms with Crippen LogP contribution < -0.4 is 5.32 Å². The van der Waals surface area contributed by atoms with Crippen LogP contribution in [-0.2, 0) is 11.8 Å². The Morgan fingerprint density at radius 2 is 2.10 bits per heavy atom. The minimum absolute atomic E-state index is 0.0568. The number of hydrogen-bond acceptors (Lipinski definition) is 4. The highest BCUT2D eigenvalue weighted by atomic mass is 32.1. The van der Waals surface area contributed by atoms with E-state index >= 15 is 0 Å². The van der Waals surface area contributed by atoms with Crippen LogP contribution in [0, 0.1) is 5.92 Å². The first-order valence-electron chi connectivity index (χ1n) is 10.2. The molecule has 1 saturated heterocycles. The standard InChI is InChI=1S/C20H34F3N5S/c1-6-27(14-20(21,22)23)11-15-8-10-28(12-15)18(24-5)25-9-7-17-26-16(13-29-17)19(2,3)4/h13,15H,6-12,14H2,1-5H3,(H,24,25). The zero-order valence-electron chi connectivity index (χ0n) is 18.1. The van der Waals surface area contributed by atoms with Crippen molar-refractivity contribution in [3.8, 4) is 0 Å². The van der Waals surface area contributed by atoms with Gasteiger partial charge in [0, 0.05) is 50.4 Å². The molecule has 1 fully saturated rings. The topological polar surface area (TPSA) is 43.8 Å². The minimum atomic E-state index is -4.14. The van der Waals surface area contributed by atoms with Gasteiger partial charge in [-0.25, -0.2) is 4.98 Å². The molecule has 0 saturated carbocycles. The summed E-state index contributed by atoms with van der Waals surface area (Å²) in [5.41, 5.74) is 1.17. The van der Waals surface area contributed by atoms with E-state index in [2.05, 4.69) is 41.4 Å². The Morgan fingerprint density at radius 1 is 1.38 bits per heavy atom. The Bertz CT molecular complexity index is 666. The maximum atomic E-state index is 12.7. The number of nitrogens with one attached hydrogen (secondary N) is 1. The van der Waals surface area contributed by atoms with E-state index < -0.39 is 12.7 Å². The van der Waals surface area contributed by atoms with E-state index in [9.17, 15) is 13.2 Å². The number of alkyl halides is 3. The number of hydrogen-bond donors (Lipinski definition) is 1. The zero-order chi connectivity index (χ0) is 21.7. The number of rotatable bonds is 7. The van der Waals surface area contributed by atoms with Gasteiger partial charge in [-0.3, -0.25) is 9.89 Å². The second-order valence-electron chi connectivity index (χ2n) is 8.64. The lowest BCUT2D eigenvalue weighted by molar-refractivity contribution is -0.146. The third-order valence-corrected chi connectivity index (χ3v) is 6.01. The van der Waals surface area contributed by atoms with Crippen LogP contribution in [0.25, 0.3) is 0 Å². The lowest BCUT2D eigenvalue weighted by atomic mass is 9.93. The zero-order valence-corrected chi connectivity index (χ0v) is 19.0. The number of guanidine groups is 1. The molecule has 9 heteroatoms. The van der Waals surface area contributed by atoms with E-state index in [0.717, 1.165) is 49.1 Å². The van der Waals surface area contributed by atoms with Gasteiger partial charge in [0.25, 0.3) is 0 Å². The fourth-order valence-electron chi connectivity index (χ4n) is 3.48.